The summed E-state index contributed by atoms with van der Waals surface area (Å²) in [4.78, 5) is 45.4. The van der Waals surface area contributed by atoms with E-state index in [2.05, 4.69) is 10.3 Å². The normalized spacial score (nSPS) is 16.9. The first kappa shape index (κ1) is 25.9. The minimum absolute atomic E-state index is 0.0343. The molecule has 1 aliphatic rings. The van der Waals surface area contributed by atoms with Crippen molar-refractivity contribution in [3.63, 3.8) is 0 Å². The van der Waals surface area contributed by atoms with E-state index in [1.54, 1.807) is 11.5 Å². The molecule has 0 radical (unpaired) electrons. The minimum Gasteiger partial charge on any atom is -0.491 e. The van der Waals surface area contributed by atoms with E-state index < -0.39 is 17.4 Å². The van der Waals surface area contributed by atoms with Gasteiger partial charge in [0.1, 0.15) is 17.0 Å². The molecule has 1 aliphatic heterocycles. The van der Waals surface area contributed by atoms with Crippen LogP contribution in [0.5, 0.6) is 5.75 Å². The Balaban J connectivity index is 1.65. The standard InChI is InChI=1S/C28H32N4O5/c1-18(2)37-22-12-10-21(11-13-22)15-32-25(33)24-23(26(34)36-5)30-17-31(24)16-28(32,4)27(35)29-14-20-8-6-19(3)7-9-20/h6-13,17-18H,14-16H2,1-5H3,(H,29,35)/t28-/m0/s1. The van der Waals surface area contributed by atoms with Crippen LogP contribution in [0.2, 0.25) is 0 Å². The van der Waals surface area contributed by atoms with Crippen molar-refractivity contribution in [2.45, 2.75) is 59.0 Å². The second-order valence-electron chi connectivity index (χ2n) is 9.71. The molecule has 0 bridgehead atoms. The molecule has 0 saturated heterocycles. The van der Waals surface area contributed by atoms with E-state index in [9.17, 15) is 14.4 Å². The summed E-state index contributed by atoms with van der Waals surface area (Å²) in [5.41, 5.74) is 1.69. The Morgan fingerprint density at radius 1 is 1.08 bits per heavy atom. The Morgan fingerprint density at radius 3 is 2.35 bits per heavy atom. The van der Waals surface area contributed by atoms with Crippen LogP contribution in [-0.2, 0) is 29.2 Å². The number of carbonyl (C=O) groups excluding carboxylic acids is 3. The van der Waals surface area contributed by atoms with E-state index in [0.717, 1.165) is 16.7 Å². The molecule has 2 heterocycles. The van der Waals surface area contributed by atoms with Crippen LogP contribution >= 0.6 is 0 Å². The summed E-state index contributed by atoms with van der Waals surface area (Å²) in [6.07, 6.45) is 1.44. The Hall–Kier alpha value is -4.14. The molecule has 0 fully saturated rings. The number of nitrogens with zero attached hydrogens (tertiary/aromatic N) is 3. The summed E-state index contributed by atoms with van der Waals surface area (Å²) in [6.45, 7) is 8.23. The maximum Gasteiger partial charge on any atom is 0.359 e. The van der Waals surface area contributed by atoms with Crippen molar-refractivity contribution in [1.82, 2.24) is 19.8 Å². The minimum atomic E-state index is -1.24. The zero-order chi connectivity index (χ0) is 26.7. The van der Waals surface area contributed by atoms with Crippen LogP contribution in [-0.4, -0.2) is 51.0 Å². The average molecular weight is 505 g/mol. The van der Waals surface area contributed by atoms with Crippen molar-refractivity contribution in [3.05, 3.63) is 82.9 Å². The number of imidazole rings is 1. The van der Waals surface area contributed by atoms with Gasteiger partial charge in [-0.1, -0.05) is 42.0 Å². The SMILES string of the molecule is COC(=O)c1ncn2c1C(=O)N(Cc1ccc(OC(C)C)cc1)[C@](C)(C(=O)NCc1ccc(C)cc1)C2. The zero-order valence-electron chi connectivity index (χ0n) is 21.8. The predicted molar refractivity (Wildman–Crippen MR) is 137 cm³/mol. The monoisotopic (exact) mass is 504 g/mol. The lowest BCUT2D eigenvalue weighted by atomic mass is 9.93. The molecule has 37 heavy (non-hydrogen) atoms. The fraction of sp³-hybridized carbons (Fsp3) is 0.357. The molecule has 0 spiro atoms. The Labute approximate surface area is 216 Å². The van der Waals surface area contributed by atoms with Gasteiger partial charge in [-0.15, -0.1) is 0 Å². The Bertz CT molecular complexity index is 1300. The molecular formula is C28H32N4O5. The second-order valence-corrected chi connectivity index (χ2v) is 9.71. The molecule has 9 nitrogen and oxygen atoms in total. The van der Waals surface area contributed by atoms with Gasteiger partial charge in [0.25, 0.3) is 5.91 Å². The Kier molecular flexibility index (Phi) is 7.33. The molecule has 1 atom stereocenters. The number of hydrogen-bond acceptors (Lipinski definition) is 6. The average Bonchev–Trinajstić information content (AvgIpc) is 3.29. The molecule has 194 valence electrons. The van der Waals surface area contributed by atoms with E-state index in [1.807, 2.05) is 69.3 Å². The van der Waals surface area contributed by atoms with E-state index in [-0.39, 0.29) is 36.5 Å². The predicted octanol–water partition coefficient (Wildman–Crippen LogP) is 3.50. The van der Waals surface area contributed by atoms with E-state index in [1.165, 1.54) is 18.3 Å². The highest BCUT2D eigenvalue weighted by atomic mass is 16.5. The second kappa shape index (κ2) is 10.5. The number of fused-ring (bicyclic) bond motifs is 1. The van der Waals surface area contributed by atoms with Crippen LogP contribution in [0.25, 0.3) is 0 Å². The summed E-state index contributed by atoms with van der Waals surface area (Å²) in [6, 6.07) is 15.3. The molecule has 2 amide bonds. The number of benzene rings is 2. The van der Waals surface area contributed by atoms with Gasteiger partial charge in [-0.05, 0) is 51.0 Å². The van der Waals surface area contributed by atoms with Crippen LogP contribution in [0.3, 0.4) is 0 Å². The zero-order valence-corrected chi connectivity index (χ0v) is 21.8. The van der Waals surface area contributed by atoms with Crippen molar-refractivity contribution >= 4 is 17.8 Å². The molecule has 0 saturated carbocycles. The van der Waals surface area contributed by atoms with Gasteiger partial charge >= 0.3 is 5.97 Å². The number of rotatable bonds is 8. The summed E-state index contributed by atoms with van der Waals surface area (Å²) < 4.78 is 12.1. The van der Waals surface area contributed by atoms with Gasteiger partial charge in [-0.25, -0.2) is 9.78 Å². The number of carbonyl (C=O) groups is 3. The third-order valence-corrected chi connectivity index (χ3v) is 6.44. The summed E-state index contributed by atoms with van der Waals surface area (Å²) in [7, 11) is 1.24. The number of hydrogen-bond donors (Lipinski definition) is 1. The van der Waals surface area contributed by atoms with Crippen molar-refractivity contribution in [2.24, 2.45) is 0 Å². The third-order valence-electron chi connectivity index (χ3n) is 6.44. The quantitative estimate of drug-likeness (QED) is 0.471. The van der Waals surface area contributed by atoms with Crippen LogP contribution in [0.1, 0.15) is 58.4 Å². The Morgan fingerprint density at radius 2 is 1.73 bits per heavy atom. The largest absolute Gasteiger partial charge is 0.491 e. The number of esters is 1. The van der Waals surface area contributed by atoms with Crippen LogP contribution in [0.4, 0.5) is 0 Å². The molecule has 1 N–H and O–H groups in total. The number of aromatic nitrogens is 2. The van der Waals surface area contributed by atoms with E-state index >= 15 is 0 Å². The molecule has 9 heteroatoms. The number of methoxy groups -OCH3 is 1. The van der Waals surface area contributed by atoms with Gasteiger partial charge < -0.3 is 24.3 Å². The molecule has 0 unspecified atom stereocenters. The number of aryl methyl sites for hydroxylation is 1. The van der Waals surface area contributed by atoms with Crippen molar-refractivity contribution < 1.29 is 23.9 Å². The van der Waals surface area contributed by atoms with E-state index in [4.69, 9.17) is 9.47 Å². The number of amides is 2. The maximum atomic E-state index is 13.8. The molecule has 2 aromatic carbocycles. The summed E-state index contributed by atoms with van der Waals surface area (Å²) >= 11 is 0. The fourth-order valence-corrected chi connectivity index (χ4v) is 4.39. The van der Waals surface area contributed by atoms with Gasteiger partial charge in [0.2, 0.25) is 5.91 Å². The van der Waals surface area contributed by atoms with E-state index in [0.29, 0.717) is 12.3 Å². The highest BCUT2D eigenvalue weighted by molar-refractivity contribution is 6.06. The highest BCUT2D eigenvalue weighted by Crippen LogP contribution is 2.31. The summed E-state index contributed by atoms with van der Waals surface area (Å²) in [5, 5.41) is 2.99. The first-order valence-electron chi connectivity index (χ1n) is 12.2. The molecule has 3 aromatic rings. The number of nitrogens with one attached hydrogen (secondary N) is 1. The molecule has 0 aliphatic carbocycles. The highest BCUT2D eigenvalue weighted by Gasteiger charge is 2.48. The smallest absolute Gasteiger partial charge is 0.359 e. The fourth-order valence-electron chi connectivity index (χ4n) is 4.39. The van der Waals surface area contributed by atoms with Crippen LogP contribution in [0.15, 0.2) is 54.9 Å². The lowest BCUT2D eigenvalue weighted by Crippen LogP contribution is -2.63. The third kappa shape index (κ3) is 5.35. The lowest BCUT2D eigenvalue weighted by Gasteiger charge is -2.43. The molecule has 4 rings (SSSR count). The van der Waals surface area contributed by atoms with Crippen molar-refractivity contribution in [2.75, 3.05) is 7.11 Å². The van der Waals surface area contributed by atoms with Crippen LogP contribution < -0.4 is 10.1 Å². The lowest BCUT2D eigenvalue weighted by molar-refractivity contribution is -0.133. The number of ether oxygens (including phenoxy) is 2. The maximum absolute atomic E-state index is 13.8. The van der Waals surface area contributed by atoms with Gasteiger partial charge in [-0.2, -0.15) is 0 Å². The van der Waals surface area contributed by atoms with Gasteiger partial charge in [-0.3, -0.25) is 9.59 Å². The van der Waals surface area contributed by atoms with Crippen molar-refractivity contribution in [3.8, 4) is 5.75 Å². The van der Waals surface area contributed by atoms with Crippen LogP contribution in [0, 0.1) is 6.92 Å². The van der Waals surface area contributed by atoms with Crippen molar-refractivity contribution in [1.29, 1.82) is 0 Å². The molecule has 1 aromatic heterocycles. The first-order valence-corrected chi connectivity index (χ1v) is 12.2. The van der Waals surface area contributed by atoms with Gasteiger partial charge in [0, 0.05) is 13.1 Å². The van der Waals surface area contributed by atoms with Gasteiger partial charge in [0.15, 0.2) is 5.69 Å². The topological polar surface area (TPSA) is 103 Å². The first-order chi connectivity index (χ1) is 17.6. The summed E-state index contributed by atoms with van der Waals surface area (Å²) in [5.74, 6) is -0.766. The molecular weight excluding hydrogens is 472 g/mol. The van der Waals surface area contributed by atoms with Gasteiger partial charge in [0.05, 0.1) is 26.1 Å².